The van der Waals surface area contributed by atoms with Crippen molar-refractivity contribution in [3.05, 3.63) is 96.1 Å². The van der Waals surface area contributed by atoms with Crippen molar-refractivity contribution in [2.75, 3.05) is 13.1 Å². The molecule has 0 atom stereocenters. The maximum atomic E-state index is 12.1. The fourth-order valence-electron chi connectivity index (χ4n) is 4.07. The first-order valence-corrected chi connectivity index (χ1v) is 9.99. The summed E-state index contributed by atoms with van der Waals surface area (Å²) >= 11 is 0. The van der Waals surface area contributed by atoms with Gasteiger partial charge in [-0.05, 0) is 61.3 Å². The van der Waals surface area contributed by atoms with Crippen LogP contribution in [0.2, 0.25) is 0 Å². The van der Waals surface area contributed by atoms with Crippen molar-refractivity contribution >= 4 is 5.97 Å². The first kappa shape index (κ1) is 19.2. The van der Waals surface area contributed by atoms with Crippen LogP contribution in [0, 0.1) is 0 Å². The van der Waals surface area contributed by atoms with Gasteiger partial charge >= 0.3 is 5.97 Å². The fraction of sp³-hybridized carbons (Fsp3) is 0.240. The number of carbonyl (C=O) groups is 1. The van der Waals surface area contributed by atoms with Crippen LogP contribution in [0.3, 0.4) is 0 Å². The van der Waals surface area contributed by atoms with Crippen molar-refractivity contribution in [2.45, 2.75) is 24.8 Å². The molecule has 0 spiro atoms. The van der Waals surface area contributed by atoms with Gasteiger partial charge in [-0.1, -0.05) is 60.7 Å². The van der Waals surface area contributed by atoms with Gasteiger partial charge < -0.3 is 9.84 Å². The SMILES string of the molecule is O=C(O)C1(c2ccccc2)CCN(Cc2cccc(Oc3ccccc3)c2)CC1. The highest BCUT2D eigenvalue weighted by atomic mass is 16.5. The third-order valence-corrected chi connectivity index (χ3v) is 5.73. The van der Waals surface area contributed by atoms with E-state index in [9.17, 15) is 9.90 Å². The number of hydrogen-bond acceptors (Lipinski definition) is 3. The summed E-state index contributed by atoms with van der Waals surface area (Å²) in [5, 5.41) is 9.96. The van der Waals surface area contributed by atoms with Crippen molar-refractivity contribution in [1.29, 1.82) is 0 Å². The van der Waals surface area contributed by atoms with Crippen LogP contribution in [0.4, 0.5) is 0 Å². The van der Waals surface area contributed by atoms with Gasteiger partial charge in [-0.2, -0.15) is 0 Å². The maximum Gasteiger partial charge on any atom is 0.314 e. The molecule has 1 saturated heterocycles. The van der Waals surface area contributed by atoms with Gasteiger partial charge in [0.25, 0.3) is 0 Å². The van der Waals surface area contributed by atoms with Crippen LogP contribution in [0.5, 0.6) is 11.5 Å². The summed E-state index contributed by atoms with van der Waals surface area (Å²) < 4.78 is 5.93. The summed E-state index contributed by atoms with van der Waals surface area (Å²) in [6, 6.07) is 27.5. The second-order valence-electron chi connectivity index (χ2n) is 7.59. The number of para-hydroxylation sites is 1. The lowest BCUT2D eigenvalue weighted by atomic mass is 9.73. The largest absolute Gasteiger partial charge is 0.481 e. The Labute approximate surface area is 171 Å². The minimum absolute atomic E-state index is 0.618. The number of rotatable bonds is 6. The van der Waals surface area contributed by atoms with E-state index in [-0.39, 0.29) is 0 Å². The molecule has 3 aromatic rings. The highest BCUT2D eigenvalue weighted by Gasteiger charge is 2.42. The monoisotopic (exact) mass is 387 g/mol. The zero-order valence-electron chi connectivity index (χ0n) is 16.3. The lowest BCUT2D eigenvalue weighted by Crippen LogP contribution is -2.47. The van der Waals surface area contributed by atoms with Gasteiger partial charge in [0.05, 0.1) is 5.41 Å². The molecule has 1 aliphatic rings. The van der Waals surface area contributed by atoms with E-state index in [0.717, 1.165) is 36.7 Å². The van der Waals surface area contributed by atoms with Gasteiger partial charge in [-0.25, -0.2) is 0 Å². The van der Waals surface area contributed by atoms with Crippen LogP contribution in [-0.4, -0.2) is 29.1 Å². The molecule has 1 fully saturated rings. The van der Waals surface area contributed by atoms with Gasteiger partial charge in [-0.3, -0.25) is 9.69 Å². The molecule has 1 N–H and O–H groups in total. The number of aliphatic carboxylic acids is 1. The predicted molar refractivity (Wildman–Crippen MR) is 113 cm³/mol. The molecule has 0 amide bonds. The average Bonchev–Trinajstić information content (AvgIpc) is 2.76. The van der Waals surface area contributed by atoms with Crippen molar-refractivity contribution < 1.29 is 14.6 Å². The van der Waals surface area contributed by atoms with Crippen molar-refractivity contribution in [1.82, 2.24) is 4.90 Å². The maximum absolute atomic E-state index is 12.1. The summed E-state index contributed by atoms with van der Waals surface area (Å²) in [6.07, 6.45) is 1.24. The standard InChI is InChI=1S/C25H25NO3/c27-24(28)25(21-9-3-1-4-10-21)14-16-26(17-15-25)19-20-8-7-13-23(18-20)29-22-11-5-2-6-12-22/h1-13,18H,14-17,19H2,(H,27,28). The summed E-state index contributed by atoms with van der Waals surface area (Å²) in [5.41, 5.74) is 1.29. The van der Waals surface area contributed by atoms with Crippen molar-refractivity contribution in [3.8, 4) is 11.5 Å². The van der Waals surface area contributed by atoms with E-state index < -0.39 is 11.4 Å². The molecule has 148 valence electrons. The molecule has 0 unspecified atom stereocenters. The minimum atomic E-state index is -0.782. The second kappa shape index (κ2) is 8.50. The van der Waals surface area contributed by atoms with Gasteiger partial charge in [0.1, 0.15) is 11.5 Å². The third-order valence-electron chi connectivity index (χ3n) is 5.73. The second-order valence-corrected chi connectivity index (χ2v) is 7.59. The van der Waals surface area contributed by atoms with Gasteiger partial charge in [-0.15, -0.1) is 0 Å². The van der Waals surface area contributed by atoms with E-state index in [1.807, 2.05) is 72.8 Å². The van der Waals surface area contributed by atoms with E-state index in [4.69, 9.17) is 4.74 Å². The van der Waals surface area contributed by atoms with E-state index in [1.165, 1.54) is 5.56 Å². The Morgan fingerprint density at radius 2 is 1.48 bits per heavy atom. The van der Waals surface area contributed by atoms with Gasteiger partial charge in [0, 0.05) is 6.54 Å². The van der Waals surface area contributed by atoms with Crippen molar-refractivity contribution in [2.24, 2.45) is 0 Å². The highest BCUT2D eigenvalue weighted by Crippen LogP contribution is 2.36. The summed E-state index contributed by atoms with van der Waals surface area (Å²) in [4.78, 5) is 14.5. The molecule has 0 bridgehead atoms. The van der Waals surface area contributed by atoms with Crippen LogP contribution < -0.4 is 4.74 Å². The molecule has 4 rings (SSSR count). The van der Waals surface area contributed by atoms with Gasteiger partial charge in [0.15, 0.2) is 0 Å². The number of benzene rings is 3. The number of piperidine rings is 1. The molecule has 0 aromatic heterocycles. The summed E-state index contributed by atoms with van der Waals surface area (Å²) in [7, 11) is 0. The molecule has 4 heteroatoms. The Hall–Kier alpha value is -3.11. The Kier molecular flexibility index (Phi) is 5.63. The minimum Gasteiger partial charge on any atom is -0.481 e. The van der Waals surface area contributed by atoms with Crippen LogP contribution in [0.25, 0.3) is 0 Å². The predicted octanol–water partition coefficient (Wildman–Crippen LogP) is 5.10. The topological polar surface area (TPSA) is 49.8 Å². The van der Waals surface area contributed by atoms with E-state index >= 15 is 0 Å². The number of hydrogen-bond donors (Lipinski definition) is 1. The molecule has 1 heterocycles. The third kappa shape index (κ3) is 4.33. The van der Waals surface area contributed by atoms with E-state index in [0.29, 0.717) is 12.8 Å². The number of carboxylic acid groups (broad SMARTS) is 1. The van der Waals surface area contributed by atoms with E-state index in [2.05, 4.69) is 17.0 Å². The molecular formula is C25H25NO3. The summed E-state index contributed by atoms with van der Waals surface area (Å²) in [6.45, 7) is 2.30. The van der Waals surface area contributed by atoms with Crippen LogP contribution in [0.1, 0.15) is 24.0 Å². The number of ether oxygens (including phenoxy) is 1. The Morgan fingerprint density at radius 1 is 0.862 bits per heavy atom. The number of nitrogens with zero attached hydrogens (tertiary/aromatic N) is 1. The molecule has 4 nitrogen and oxygen atoms in total. The molecule has 1 aliphatic heterocycles. The first-order valence-electron chi connectivity index (χ1n) is 9.99. The highest BCUT2D eigenvalue weighted by molar-refractivity contribution is 5.81. The molecule has 0 radical (unpaired) electrons. The molecular weight excluding hydrogens is 362 g/mol. The van der Waals surface area contributed by atoms with Crippen LogP contribution >= 0.6 is 0 Å². The number of likely N-dealkylation sites (tertiary alicyclic amines) is 1. The molecule has 29 heavy (non-hydrogen) atoms. The fourth-order valence-corrected chi connectivity index (χ4v) is 4.07. The lowest BCUT2D eigenvalue weighted by Gasteiger charge is -2.39. The van der Waals surface area contributed by atoms with Crippen molar-refractivity contribution in [3.63, 3.8) is 0 Å². The lowest BCUT2D eigenvalue weighted by molar-refractivity contribution is -0.146. The number of carboxylic acids is 1. The smallest absolute Gasteiger partial charge is 0.314 e. The van der Waals surface area contributed by atoms with E-state index in [1.54, 1.807) is 0 Å². The molecule has 3 aromatic carbocycles. The molecule has 0 aliphatic carbocycles. The Bertz CT molecular complexity index is 948. The first-order chi connectivity index (χ1) is 14.2. The molecule has 0 saturated carbocycles. The quantitative estimate of drug-likeness (QED) is 0.639. The Balaban J connectivity index is 1.42. The average molecular weight is 387 g/mol. The van der Waals surface area contributed by atoms with Crippen LogP contribution in [-0.2, 0) is 16.8 Å². The zero-order valence-corrected chi connectivity index (χ0v) is 16.3. The summed E-state index contributed by atoms with van der Waals surface area (Å²) in [5.74, 6) is 0.910. The normalized spacial score (nSPS) is 16.3. The zero-order chi connectivity index (χ0) is 20.1. The van der Waals surface area contributed by atoms with Crippen LogP contribution in [0.15, 0.2) is 84.9 Å². The van der Waals surface area contributed by atoms with Gasteiger partial charge in [0.2, 0.25) is 0 Å². The Morgan fingerprint density at radius 3 is 2.14 bits per heavy atom.